The van der Waals surface area contributed by atoms with Crippen LogP contribution in [0.25, 0.3) is 5.69 Å². The Balaban J connectivity index is 1.97. The van der Waals surface area contributed by atoms with E-state index in [9.17, 15) is 9.65 Å². The minimum atomic E-state index is -0.331. The van der Waals surface area contributed by atoms with Gasteiger partial charge in [-0.3, -0.25) is 4.57 Å². The molecular formula is C18H13FN4O. The molecule has 118 valence electrons. The van der Waals surface area contributed by atoms with Crippen molar-refractivity contribution < 1.29 is 9.13 Å². The molecule has 0 radical (unpaired) electrons. The summed E-state index contributed by atoms with van der Waals surface area (Å²) in [5.74, 6) is 0.809. The minimum absolute atomic E-state index is 0.198. The number of nitrogens with zero attached hydrogens (tertiary/aromatic N) is 4. The van der Waals surface area contributed by atoms with E-state index in [1.807, 2.05) is 30.3 Å². The molecule has 0 atom stereocenters. The van der Waals surface area contributed by atoms with Crippen molar-refractivity contribution in [2.75, 3.05) is 7.11 Å². The number of aliphatic imine (C=N–C) groups is 1. The first-order chi connectivity index (χ1) is 11.7. The van der Waals surface area contributed by atoms with Crippen LogP contribution in [0.5, 0.6) is 5.75 Å². The summed E-state index contributed by atoms with van der Waals surface area (Å²) in [6.07, 6.45) is 3.13. The van der Waals surface area contributed by atoms with Crippen LogP contribution >= 0.6 is 0 Å². The Labute approximate surface area is 138 Å². The van der Waals surface area contributed by atoms with Crippen LogP contribution in [0.15, 0.2) is 59.9 Å². The van der Waals surface area contributed by atoms with Gasteiger partial charge in [0.05, 0.1) is 7.11 Å². The zero-order valence-corrected chi connectivity index (χ0v) is 12.8. The zero-order chi connectivity index (χ0) is 16.9. The van der Waals surface area contributed by atoms with E-state index in [4.69, 9.17) is 4.74 Å². The molecule has 5 nitrogen and oxygen atoms in total. The Morgan fingerprint density at radius 3 is 2.50 bits per heavy atom. The SMILES string of the molecule is COc1ccc(/C=N/c2c(C#N)ncn2-c2ccc(F)cc2)cc1. The molecule has 3 aromatic rings. The van der Waals surface area contributed by atoms with Crippen LogP contribution in [0.2, 0.25) is 0 Å². The van der Waals surface area contributed by atoms with Crippen molar-refractivity contribution in [1.82, 2.24) is 9.55 Å². The first-order valence-electron chi connectivity index (χ1n) is 7.13. The molecule has 2 aromatic carbocycles. The average molecular weight is 320 g/mol. The molecule has 6 heteroatoms. The Bertz CT molecular complexity index is 906. The van der Waals surface area contributed by atoms with Crippen LogP contribution in [0.4, 0.5) is 10.2 Å². The number of hydrogen-bond acceptors (Lipinski definition) is 4. The summed E-state index contributed by atoms with van der Waals surface area (Å²) in [6.45, 7) is 0. The van der Waals surface area contributed by atoms with Gasteiger partial charge in [0.15, 0.2) is 11.5 Å². The van der Waals surface area contributed by atoms with Gasteiger partial charge < -0.3 is 4.74 Å². The molecule has 0 aliphatic carbocycles. The minimum Gasteiger partial charge on any atom is -0.497 e. The first-order valence-corrected chi connectivity index (χ1v) is 7.13. The summed E-state index contributed by atoms with van der Waals surface area (Å²) in [7, 11) is 1.60. The van der Waals surface area contributed by atoms with E-state index in [2.05, 4.69) is 9.98 Å². The van der Waals surface area contributed by atoms with Gasteiger partial charge in [-0.15, -0.1) is 0 Å². The zero-order valence-electron chi connectivity index (χ0n) is 12.8. The van der Waals surface area contributed by atoms with E-state index in [0.29, 0.717) is 11.5 Å². The highest BCUT2D eigenvalue weighted by Gasteiger charge is 2.11. The maximum Gasteiger partial charge on any atom is 0.185 e. The maximum atomic E-state index is 13.1. The smallest absolute Gasteiger partial charge is 0.185 e. The van der Waals surface area contributed by atoms with Gasteiger partial charge in [0, 0.05) is 11.9 Å². The largest absolute Gasteiger partial charge is 0.497 e. The molecule has 0 amide bonds. The third-order valence-corrected chi connectivity index (χ3v) is 3.40. The number of ether oxygens (including phenoxy) is 1. The average Bonchev–Trinajstić information content (AvgIpc) is 3.04. The number of aromatic nitrogens is 2. The van der Waals surface area contributed by atoms with Gasteiger partial charge in [-0.25, -0.2) is 14.4 Å². The molecule has 0 saturated heterocycles. The van der Waals surface area contributed by atoms with Crippen molar-refractivity contribution in [3.05, 3.63) is 71.9 Å². The Morgan fingerprint density at radius 1 is 1.17 bits per heavy atom. The summed E-state index contributed by atoms with van der Waals surface area (Å²) < 4.78 is 19.8. The van der Waals surface area contributed by atoms with Gasteiger partial charge in [-0.05, 0) is 54.1 Å². The second-order valence-corrected chi connectivity index (χ2v) is 4.91. The molecule has 1 aromatic heterocycles. The van der Waals surface area contributed by atoms with Gasteiger partial charge in [-0.1, -0.05) is 0 Å². The fourth-order valence-electron chi connectivity index (χ4n) is 2.16. The molecule has 0 saturated carbocycles. The maximum absolute atomic E-state index is 13.1. The van der Waals surface area contributed by atoms with Gasteiger partial charge >= 0.3 is 0 Å². The highest BCUT2D eigenvalue weighted by molar-refractivity contribution is 5.82. The second-order valence-electron chi connectivity index (χ2n) is 4.91. The highest BCUT2D eigenvalue weighted by Crippen LogP contribution is 2.23. The molecular weight excluding hydrogens is 307 g/mol. The predicted molar refractivity (Wildman–Crippen MR) is 88.5 cm³/mol. The van der Waals surface area contributed by atoms with Crippen LogP contribution in [-0.2, 0) is 0 Å². The van der Waals surface area contributed by atoms with E-state index in [0.717, 1.165) is 11.3 Å². The molecule has 0 unspecified atom stereocenters. The van der Waals surface area contributed by atoms with Crippen LogP contribution in [0, 0.1) is 17.1 Å². The summed E-state index contributed by atoms with van der Waals surface area (Å²) >= 11 is 0. The fourth-order valence-corrected chi connectivity index (χ4v) is 2.16. The number of rotatable bonds is 4. The van der Waals surface area contributed by atoms with E-state index in [1.165, 1.54) is 18.5 Å². The fraction of sp³-hybridized carbons (Fsp3) is 0.0556. The van der Waals surface area contributed by atoms with Crippen molar-refractivity contribution in [3.8, 4) is 17.5 Å². The van der Waals surface area contributed by atoms with Crippen molar-refractivity contribution in [2.24, 2.45) is 4.99 Å². The van der Waals surface area contributed by atoms with Crippen LogP contribution < -0.4 is 4.74 Å². The standard InChI is InChI=1S/C18H13FN4O/c1-24-16-8-2-13(3-9-16)11-21-18-17(10-20)22-12-23(18)15-6-4-14(19)5-7-15/h2-9,11-12H,1H3/b21-11+. The molecule has 0 spiro atoms. The van der Waals surface area contributed by atoms with Gasteiger partial charge in [0.2, 0.25) is 0 Å². The normalized spacial score (nSPS) is 10.7. The number of nitriles is 1. The third-order valence-electron chi connectivity index (χ3n) is 3.40. The van der Waals surface area contributed by atoms with E-state index >= 15 is 0 Å². The van der Waals surface area contributed by atoms with Gasteiger partial charge in [0.25, 0.3) is 0 Å². The second kappa shape index (κ2) is 6.75. The van der Waals surface area contributed by atoms with E-state index in [1.54, 1.807) is 30.0 Å². The number of halogens is 1. The topological polar surface area (TPSA) is 63.2 Å². The van der Waals surface area contributed by atoms with Crippen molar-refractivity contribution in [1.29, 1.82) is 5.26 Å². The summed E-state index contributed by atoms with van der Waals surface area (Å²) in [5, 5.41) is 9.21. The van der Waals surface area contributed by atoms with Gasteiger partial charge in [-0.2, -0.15) is 5.26 Å². The molecule has 3 rings (SSSR count). The number of methoxy groups -OCH3 is 1. The summed E-state index contributed by atoms with van der Waals surface area (Å²) in [5.41, 5.74) is 1.72. The van der Waals surface area contributed by atoms with Crippen molar-refractivity contribution >= 4 is 12.0 Å². The lowest BCUT2D eigenvalue weighted by Gasteiger charge is -2.05. The molecule has 24 heavy (non-hydrogen) atoms. The van der Waals surface area contributed by atoms with Crippen molar-refractivity contribution in [3.63, 3.8) is 0 Å². The number of hydrogen-bond donors (Lipinski definition) is 0. The van der Waals surface area contributed by atoms with Crippen molar-refractivity contribution in [2.45, 2.75) is 0 Å². The molecule has 0 N–H and O–H groups in total. The Morgan fingerprint density at radius 2 is 1.88 bits per heavy atom. The number of benzene rings is 2. The van der Waals surface area contributed by atoms with Crippen LogP contribution in [0.1, 0.15) is 11.3 Å². The quantitative estimate of drug-likeness (QED) is 0.689. The summed E-state index contributed by atoms with van der Waals surface area (Å²) in [4.78, 5) is 8.43. The monoisotopic (exact) mass is 320 g/mol. The van der Waals surface area contributed by atoms with Gasteiger partial charge in [0.1, 0.15) is 24.0 Å². The third kappa shape index (κ3) is 3.15. The molecule has 0 fully saturated rings. The summed E-state index contributed by atoms with van der Waals surface area (Å²) in [6, 6.07) is 15.3. The predicted octanol–water partition coefficient (Wildman–Crippen LogP) is 3.64. The first kappa shape index (κ1) is 15.4. The van der Waals surface area contributed by atoms with Crippen LogP contribution in [-0.4, -0.2) is 22.9 Å². The lowest BCUT2D eigenvalue weighted by Crippen LogP contribution is -1.93. The Hall–Kier alpha value is -3.46. The Kier molecular flexibility index (Phi) is 4.34. The molecule has 0 aliphatic rings. The lowest BCUT2D eigenvalue weighted by molar-refractivity contribution is 0.415. The lowest BCUT2D eigenvalue weighted by atomic mass is 10.2. The van der Waals surface area contributed by atoms with E-state index in [-0.39, 0.29) is 11.5 Å². The highest BCUT2D eigenvalue weighted by atomic mass is 19.1. The molecule has 0 bridgehead atoms. The molecule has 0 aliphatic heterocycles. The number of imidazole rings is 1. The van der Waals surface area contributed by atoms with Crippen LogP contribution in [0.3, 0.4) is 0 Å². The van der Waals surface area contributed by atoms with E-state index < -0.39 is 0 Å². The molecule has 1 heterocycles.